The third-order valence-corrected chi connectivity index (χ3v) is 12.4. The summed E-state index contributed by atoms with van der Waals surface area (Å²) in [5, 5.41) is 0. The average Bonchev–Trinajstić information content (AvgIpc) is 3.84. The minimum Gasteiger partial charge on any atom is -0.440 e. The number of ether oxygens (including phenoxy) is 1. The zero-order valence-corrected chi connectivity index (χ0v) is 36.2. The van der Waals surface area contributed by atoms with Crippen LogP contribution in [-0.2, 0) is 24.0 Å². The van der Waals surface area contributed by atoms with Gasteiger partial charge in [0.25, 0.3) is 0 Å². The monoisotopic (exact) mass is 762 g/mol. The second-order valence-corrected chi connectivity index (χ2v) is 17.4. The van der Waals surface area contributed by atoms with E-state index in [0.717, 1.165) is 73.1 Å². The van der Waals surface area contributed by atoms with Gasteiger partial charge >= 0.3 is 0 Å². The summed E-state index contributed by atoms with van der Waals surface area (Å²) in [4.78, 5) is 4.73. The van der Waals surface area contributed by atoms with E-state index in [0.29, 0.717) is 17.8 Å². The Morgan fingerprint density at radius 2 is 1.47 bits per heavy atom. The quantitative estimate of drug-likeness (QED) is 0.140. The first-order valence-corrected chi connectivity index (χ1v) is 21.9. The zero-order chi connectivity index (χ0) is 40.5. The molecule has 0 saturated heterocycles. The van der Waals surface area contributed by atoms with E-state index in [9.17, 15) is 0 Å². The fraction of sp³-hybridized carbons (Fsp3) is 0.426. The molecule has 2 aliphatic carbocycles. The molecular formula is C54H67NO2. The molecule has 0 bridgehead atoms. The molecule has 0 radical (unpaired) electrons. The highest BCUT2D eigenvalue weighted by molar-refractivity contribution is 5.80. The minimum atomic E-state index is -0.0301. The Hall–Kier alpha value is -4.47. The summed E-state index contributed by atoms with van der Waals surface area (Å²) in [6.45, 7) is 23.0. The molecule has 8 rings (SSSR count). The second kappa shape index (κ2) is 19.3. The lowest BCUT2D eigenvalue weighted by Gasteiger charge is -2.42. The lowest BCUT2D eigenvalue weighted by atomic mass is 9.76. The van der Waals surface area contributed by atoms with Gasteiger partial charge < -0.3 is 9.15 Å². The first kappa shape index (κ1) is 42.1. The third-order valence-electron chi connectivity index (χ3n) is 12.4. The van der Waals surface area contributed by atoms with Gasteiger partial charge in [-0.05, 0) is 114 Å². The Morgan fingerprint density at radius 1 is 0.789 bits per heavy atom. The molecule has 300 valence electrons. The molecule has 1 saturated carbocycles. The molecule has 4 aromatic carbocycles. The van der Waals surface area contributed by atoms with Crippen LogP contribution < -0.4 is 0 Å². The SMILES string of the molecule is C=C1CCCC(c2ccc(C(C)C)cc2)C1.CC(C)Cc1nc(-c2ccccc2)c(-c2ccccc2)o1.CCc1cccc2c1CC1=C2CCOC1(CC)C(C)C. The van der Waals surface area contributed by atoms with Gasteiger partial charge in [-0.3, -0.25) is 0 Å². The smallest absolute Gasteiger partial charge is 0.195 e. The lowest BCUT2D eigenvalue weighted by molar-refractivity contribution is -0.0575. The van der Waals surface area contributed by atoms with Crippen LogP contribution in [-0.4, -0.2) is 17.2 Å². The Kier molecular flexibility index (Phi) is 14.3. The Morgan fingerprint density at radius 3 is 2.07 bits per heavy atom. The van der Waals surface area contributed by atoms with Gasteiger partial charge in [-0.25, -0.2) is 4.98 Å². The van der Waals surface area contributed by atoms with Crippen LogP contribution in [0.15, 0.2) is 125 Å². The number of fused-ring (bicyclic) bond motifs is 2. The van der Waals surface area contributed by atoms with Crippen LogP contribution in [0.1, 0.15) is 139 Å². The van der Waals surface area contributed by atoms with Crippen molar-refractivity contribution >= 4 is 5.57 Å². The summed E-state index contributed by atoms with van der Waals surface area (Å²) >= 11 is 0. The van der Waals surface area contributed by atoms with Crippen LogP contribution in [0.25, 0.3) is 28.2 Å². The number of nitrogens with zero attached hydrogens (tertiary/aromatic N) is 1. The Labute approximate surface area is 344 Å². The maximum absolute atomic E-state index is 6.34. The van der Waals surface area contributed by atoms with Crippen molar-refractivity contribution in [1.82, 2.24) is 4.98 Å². The van der Waals surface area contributed by atoms with Crippen molar-refractivity contribution in [2.45, 2.75) is 131 Å². The molecule has 5 aromatic rings. The van der Waals surface area contributed by atoms with Gasteiger partial charge in [-0.2, -0.15) is 0 Å². The highest BCUT2D eigenvalue weighted by Crippen LogP contribution is 2.49. The average molecular weight is 762 g/mol. The molecule has 0 amide bonds. The van der Waals surface area contributed by atoms with Gasteiger partial charge in [0.15, 0.2) is 11.7 Å². The molecule has 1 aromatic heterocycles. The maximum Gasteiger partial charge on any atom is 0.195 e. The summed E-state index contributed by atoms with van der Waals surface area (Å²) < 4.78 is 12.4. The highest BCUT2D eigenvalue weighted by atomic mass is 16.5. The van der Waals surface area contributed by atoms with E-state index in [1.54, 1.807) is 16.7 Å². The van der Waals surface area contributed by atoms with E-state index in [1.165, 1.54) is 53.5 Å². The van der Waals surface area contributed by atoms with E-state index in [-0.39, 0.29) is 5.60 Å². The molecule has 3 heteroatoms. The van der Waals surface area contributed by atoms with E-state index in [4.69, 9.17) is 14.1 Å². The number of aromatic nitrogens is 1. The molecule has 0 spiro atoms. The summed E-state index contributed by atoms with van der Waals surface area (Å²) in [7, 11) is 0. The standard InChI is InChI=1S/C19H19NO.C19H26O.C16H22/c1-14(2)13-17-20-18(15-9-5-3-6-10-15)19(21-17)16-11-7-4-8-12-16;1-5-14-8-7-9-15-16-10-11-20-19(6-2,13(3)4)18(16)12-17(14)15;1-12(2)14-7-9-15(10-8-14)16-6-4-5-13(3)11-16/h3-12,14H,13H2,1-2H3;7-9,13H,5-6,10-12H2,1-4H3;7-10,12,16H,3-6,11H2,1-2H3. The van der Waals surface area contributed by atoms with Crippen LogP contribution >= 0.6 is 0 Å². The lowest BCUT2D eigenvalue weighted by Crippen LogP contribution is -2.43. The second-order valence-electron chi connectivity index (χ2n) is 17.4. The van der Waals surface area contributed by atoms with Crippen molar-refractivity contribution in [2.75, 3.05) is 6.61 Å². The fourth-order valence-electron chi connectivity index (χ4n) is 9.22. The number of aryl methyl sites for hydroxylation is 1. The minimum absolute atomic E-state index is 0.0301. The zero-order valence-electron chi connectivity index (χ0n) is 36.2. The number of hydrogen-bond donors (Lipinski definition) is 0. The molecule has 2 heterocycles. The van der Waals surface area contributed by atoms with Gasteiger partial charge in [0, 0.05) is 17.5 Å². The highest BCUT2D eigenvalue weighted by Gasteiger charge is 2.44. The van der Waals surface area contributed by atoms with Crippen LogP contribution in [0.4, 0.5) is 0 Å². The third kappa shape index (κ3) is 9.81. The number of oxazole rings is 1. The van der Waals surface area contributed by atoms with Crippen molar-refractivity contribution in [3.8, 4) is 22.6 Å². The molecule has 57 heavy (non-hydrogen) atoms. The normalized spacial score (nSPS) is 18.9. The van der Waals surface area contributed by atoms with E-state index < -0.39 is 0 Å². The van der Waals surface area contributed by atoms with Gasteiger partial charge in [-0.1, -0.05) is 171 Å². The molecule has 1 aliphatic heterocycles. The molecular weight excluding hydrogens is 695 g/mol. The topological polar surface area (TPSA) is 35.3 Å². The van der Waals surface area contributed by atoms with E-state index >= 15 is 0 Å². The van der Waals surface area contributed by atoms with Gasteiger partial charge in [-0.15, -0.1) is 0 Å². The molecule has 1 fully saturated rings. The van der Waals surface area contributed by atoms with Crippen molar-refractivity contribution in [2.24, 2.45) is 11.8 Å². The summed E-state index contributed by atoms with van der Waals surface area (Å²) in [6.07, 6.45) is 10.3. The molecule has 0 N–H and O–H groups in total. The molecule has 2 atom stereocenters. The van der Waals surface area contributed by atoms with Gasteiger partial charge in [0.2, 0.25) is 0 Å². The molecule has 3 nitrogen and oxygen atoms in total. The fourth-order valence-corrected chi connectivity index (χ4v) is 9.22. The Balaban J connectivity index is 0.000000146. The van der Waals surface area contributed by atoms with Crippen molar-refractivity contribution in [1.29, 1.82) is 0 Å². The number of rotatable bonds is 9. The van der Waals surface area contributed by atoms with Gasteiger partial charge in [0.05, 0.1) is 12.2 Å². The number of hydrogen-bond acceptors (Lipinski definition) is 3. The summed E-state index contributed by atoms with van der Waals surface area (Å²) in [5.74, 6) is 4.09. The number of benzene rings is 4. The molecule has 3 aliphatic rings. The number of allylic oxidation sites excluding steroid dienone is 1. The van der Waals surface area contributed by atoms with E-state index in [1.807, 2.05) is 36.4 Å². The first-order valence-electron chi connectivity index (χ1n) is 21.9. The predicted molar refractivity (Wildman–Crippen MR) is 242 cm³/mol. The van der Waals surface area contributed by atoms with Crippen LogP contribution in [0, 0.1) is 11.8 Å². The van der Waals surface area contributed by atoms with Crippen molar-refractivity contribution in [3.63, 3.8) is 0 Å². The maximum atomic E-state index is 6.34. The summed E-state index contributed by atoms with van der Waals surface area (Å²) in [5.41, 5.74) is 15.2. The summed E-state index contributed by atoms with van der Waals surface area (Å²) in [6, 6.07) is 36.5. The van der Waals surface area contributed by atoms with E-state index in [2.05, 4.69) is 129 Å². The first-order chi connectivity index (χ1) is 27.5. The van der Waals surface area contributed by atoms with Gasteiger partial charge in [0.1, 0.15) is 5.69 Å². The molecule has 2 unspecified atom stereocenters. The van der Waals surface area contributed by atoms with Crippen LogP contribution in [0.2, 0.25) is 0 Å². The van der Waals surface area contributed by atoms with Crippen molar-refractivity contribution < 1.29 is 9.15 Å². The van der Waals surface area contributed by atoms with Crippen LogP contribution in [0.5, 0.6) is 0 Å². The predicted octanol–water partition coefficient (Wildman–Crippen LogP) is 15.0. The largest absolute Gasteiger partial charge is 0.440 e. The Bertz CT molecular complexity index is 2030. The van der Waals surface area contributed by atoms with Crippen LogP contribution in [0.3, 0.4) is 0 Å². The van der Waals surface area contributed by atoms with Crippen molar-refractivity contribution in [3.05, 3.63) is 155 Å².